The number of benzene rings is 2. The van der Waals surface area contributed by atoms with Crippen LogP contribution in [0.15, 0.2) is 54.6 Å². The van der Waals surface area contributed by atoms with E-state index in [-0.39, 0.29) is 18.2 Å². The highest BCUT2D eigenvalue weighted by molar-refractivity contribution is 5.97. The van der Waals surface area contributed by atoms with Gasteiger partial charge in [-0.3, -0.25) is 14.4 Å². The molecule has 0 aromatic heterocycles. The van der Waals surface area contributed by atoms with Crippen LogP contribution < -0.4 is 5.32 Å². The number of carbonyl (C=O) groups is 3. The van der Waals surface area contributed by atoms with Gasteiger partial charge in [0.25, 0.3) is 5.91 Å². The molecule has 0 atom stereocenters. The topological polar surface area (TPSA) is 86.7 Å². The molecule has 0 aliphatic carbocycles. The van der Waals surface area contributed by atoms with Crippen LogP contribution in [0.25, 0.3) is 0 Å². The number of hydrogen-bond donors (Lipinski definition) is 2. The van der Waals surface area contributed by atoms with Crippen LogP contribution in [0.4, 0.5) is 5.69 Å². The Kier molecular flexibility index (Phi) is 7.55. The minimum Gasteiger partial charge on any atom is -0.481 e. The van der Waals surface area contributed by atoms with Crippen molar-refractivity contribution in [2.24, 2.45) is 0 Å². The van der Waals surface area contributed by atoms with Crippen molar-refractivity contribution in [3.8, 4) is 0 Å². The summed E-state index contributed by atoms with van der Waals surface area (Å²) in [7, 11) is 0. The van der Waals surface area contributed by atoms with Crippen molar-refractivity contribution in [2.75, 3.05) is 11.9 Å². The SMILES string of the molecule is CCC(=O)Nc1cccc(C(=O)N(CCCC(=O)O)Cc2ccccc2)c1. The Bertz CT molecular complexity index is 790. The van der Waals surface area contributed by atoms with Gasteiger partial charge < -0.3 is 15.3 Å². The molecule has 0 saturated carbocycles. The van der Waals surface area contributed by atoms with E-state index in [9.17, 15) is 14.4 Å². The molecule has 0 unspecified atom stereocenters. The van der Waals surface area contributed by atoms with Crippen molar-refractivity contribution in [1.82, 2.24) is 4.90 Å². The number of nitrogens with zero attached hydrogens (tertiary/aromatic N) is 1. The maximum Gasteiger partial charge on any atom is 0.303 e. The molecule has 0 aliphatic heterocycles. The Morgan fingerprint density at radius 1 is 1.04 bits per heavy atom. The first-order valence-corrected chi connectivity index (χ1v) is 8.94. The summed E-state index contributed by atoms with van der Waals surface area (Å²) in [6, 6.07) is 16.3. The summed E-state index contributed by atoms with van der Waals surface area (Å²) in [5.41, 5.74) is 1.99. The molecule has 2 aromatic carbocycles. The van der Waals surface area contributed by atoms with Crippen LogP contribution in [0.1, 0.15) is 42.1 Å². The highest BCUT2D eigenvalue weighted by atomic mass is 16.4. The van der Waals surface area contributed by atoms with Crippen LogP contribution >= 0.6 is 0 Å². The number of hydrogen-bond acceptors (Lipinski definition) is 3. The van der Waals surface area contributed by atoms with Gasteiger partial charge >= 0.3 is 5.97 Å². The maximum absolute atomic E-state index is 13.0. The van der Waals surface area contributed by atoms with Crippen LogP contribution in [-0.4, -0.2) is 34.3 Å². The fourth-order valence-electron chi connectivity index (χ4n) is 2.64. The fraction of sp³-hybridized carbons (Fsp3) is 0.286. The molecule has 0 radical (unpaired) electrons. The molecule has 2 amide bonds. The Labute approximate surface area is 158 Å². The minimum absolute atomic E-state index is 0.00513. The van der Waals surface area contributed by atoms with Crippen LogP contribution in [0.3, 0.4) is 0 Å². The predicted octanol–water partition coefficient (Wildman–Crippen LogP) is 3.54. The minimum atomic E-state index is -0.883. The molecule has 27 heavy (non-hydrogen) atoms. The van der Waals surface area contributed by atoms with Gasteiger partial charge in [-0.1, -0.05) is 43.3 Å². The first-order valence-electron chi connectivity index (χ1n) is 8.94. The molecule has 142 valence electrons. The molecule has 2 N–H and O–H groups in total. The second-order valence-electron chi connectivity index (χ2n) is 6.19. The van der Waals surface area contributed by atoms with Crippen molar-refractivity contribution in [1.29, 1.82) is 0 Å². The second-order valence-corrected chi connectivity index (χ2v) is 6.19. The molecular formula is C21H24N2O4. The zero-order valence-corrected chi connectivity index (χ0v) is 15.4. The third-order valence-electron chi connectivity index (χ3n) is 4.04. The number of amides is 2. The van der Waals surface area contributed by atoms with Crippen molar-refractivity contribution >= 4 is 23.5 Å². The third kappa shape index (κ3) is 6.58. The second kappa shape index (κ2) is 10.1. The third-order valence-corrected chi connectivity index (χ3v) is 4.04. The van der Waals surface area contributed by atoms with E-state index in [2.05, 4.69) is 5.32 Å². The molecule has 6 nitrogen and oxygen atoms in total. The average Bonchev–Trinajstić information content (AvgIpc) is 2.67. The molecule has 0 fully saturated rings. The normalized spacial score (nSPS) is 10.3. The quantitative estimate of drug-likeness (QED) is 0.709. The van der Waals surface area contributed by atoms with Crippen molar-refractivity contribution in [2.45, 2.75) is 32.7 Å². The fourth-order valence-corrected chi connectivity index (χ4v) is 2.64. The number of rotatable bonds is 9. The largest absolute Gasteiger partial charge is 0.481 e. The first kappa shape index (κ1) is 20.2. The number of carboxylic acids is 1. The van der Waals surface area contributed by atoms with Crippen molar-refractivity contribution in [3.63, 3.8) is 0 Å². The molecule has 0 aliphatic rings. The lowest BCUT2D eigenvalue weighted by Crippen LogP contribution is -2.32. The van der Waals surface area contributed by atoms with Gasteiger partial charge in [-0.05, 0) is 30.2 Å². The predicted molar refractivity (Wildman–Crippen MR) is 103 cm³/mol. The van der Waals surface area contributed by atoms with Gasteiger partial charge in [0, 0.05) is 37.2 Å². The summed E-state index contributed by atoms with van der Waals surface area (Å²) in [5.74, 6) is -1.20. The van der Waals surface area contributed by atoms with E-state index in [1.165, 1.54) is 0 Å². The van der Waals surface area contributed by atoms with Crippen LogP contribution in [-0.2, 0) is 16.1 Å². The van der Waals surface area contributed by atoms with Crippen LogP contribution in [0.2, 0.25) is 0 Å². The molecule has 0 spiro atoms. The van der Waals surface area contributed by atoms with Gasteiger partial charge in [-0.2, -0.15) is 0 Å². The van der Waals surface area contributed by atoms with Crippen molar-refractivity contribution < 1.29 is 19.5 Å². The maximum atomic E-state index is 13.0. The molecule has 0 heterocycles. The van der Waals surface area contributed by atoms with Gasteiger partial charge in [0.2, 0.25) is 5.91 Å². The van der Waals surface area contributed by atoms with Gasteiger partial charge in [0.15, 0.2) is 0 Å². The average molecular weight is 368 g/mol. The first-order chi connectivity index (χ1) is 13.0. The zero-order valence-electron chi connectivity index (χ0n) is 15.4. The van der Waals surface area contributed by atoms with E-state index >= 15 is 0 Å². The lowest BCUT2D eigenvalue weighted by Gasteiger charge is -2.23. The Morgan fingerprint density at radius 3 is 2.44 bits per heavy atom. The van der Waals surface area contributed by atoms with Gasteiger partial charge in [-0.25, -0.2) is 0 Å². The van der Waals surface area contributed by atoms with E-state index in [0.29, 0.717) is 37.2 Å². The molecule has 2 rings (SSSR count). The molecule has 0 saturated heterocycles. The Hall–Kier alpha value is -3.15. The number of anilines is 1. The summed E-state index contributed by atoms with van der Waals surface area (Å²) in [6.45, 7) is 2.49. The van der Waals surface area contributed by atoms with Gasteiger partial charge in [-0.15, -0.1) is 0 Å². The zero-order chi connectivity index (χ0) is 19.6. The molecular weight excluding hydrogens is 344 g/mol. The summed E-state index contributed by atoms with van der Waals surface area (Å²) in [6.07, 6.45) is 0.735. The summed E-state index contributed by atoms with van der Waals surface area (Å²) in [5, 5.41) is 11.6. The van der Waals surface area contributed by atoms with E-state index in [0.717, 1.165) is 5.56 Å². The molecule has 0 bridgehead atoms. The lowest BCUT2D eigenvalue weighted by molar-refractivity contribution is -0.137. The standard InChI is InChI=1S/C21H24N2O4/c1-2-19(24)22-18-11-6-10-17(14-18)21(27)23(13-7-12-20(25)26)15-16-8-4-3-5-9-16/h3-6,8-11,14H,2,7,12-13,15H2,1H3,(H,22,24)(H,25,26). The summed E-state index contributed by atoms with van der Waals surface area (Å²) >= 11 is 0. The number of aliphatic carboxylic acids is 1. The summed E-state index contributed by atoms with van der Waals surface area (Å²) < 4.78 is 0. The smallest absolute Gasteiger partial charge is 0.303 e. The van der Waals surface area contributed by atoms with Crippen LogP contribution in [0, 0.1) is 0 Å². The number of carboxylic acid groups (broad SMARTS) is 1. The van der Waals surface area contributed by atoms with E-state index < -0.39 is 5.97 Å². The van der Waals surface area contributed by atoms with E-state index in [1.807, 2.05) is 30.3 Å². The van der Waals surface area contributed by atoms with Gasteiger partial charge in [0.1, 0.15) is 0 Å². The van der Waals surface area contributed by atoms with Crippen molar-refractivity contribution in [3.05, 3.63) is 65.7 Å². The highest BCUT2D eigenvalue weighted by Crippen LogP contribution is 2.16. The summed E-state index contributed by atoms with van der Waals surface area (Å²) in [4.78, 5) is 37.0. The number of nitrogens with one attached hydrogen (secondary N) is 1. The Morgan fingerprint density at radius 2 is 1.78 bits per heavy atom. The Balaban J connectivity index is 2.17. The highest BCUT2D eigenvalue weighted by Gasteiger charge is 2.17. The monoisotopic (exact) mass is 368 g/mol. The molecule has 2 aromatic rings. The van der Waals surface area contributed by atoms with E-state index in [4.69, 9.17) is 5.11 Å². The lowest BCUT2D eigenvalue weighted by atomic mass is 10.1. The number of carbonyl (C=O) groups excluding carboxylic acids is 2. The van der Waals surface area contributed by atoms with E-state index in [1.54, 1.807) is 36.1 Å². The molecule has 6 heteroatoms. The van der Waals surface area contributed by atoms with Crippen LogP contribution in [0.5, 0.6) is 0 Å². The van der Waals surface area contributed by atoms with Gasteiger partial charge in [0.05, 0.1) is 0 Å².